The molecule has 7 rings (SSSR count). The number of aromatic nitrogens is 2. The Balaban J connectivity index is 1.22. The van der Waals surface area contributed by atoms with Crippen LogP contribution in [0.25, 0.3) is 10.8 Å². The molecule has 10 atom stereocenters. The fourth-order valence-electron chi connectivity index (χ4n) is 8.96. The van der Waals surface area contributed by atoms with E-state index in [1.54, 1.807) is 31.2 Å². The third kappa shape index (κ3) is 8.56. The molecule has 0 spiro atoms. The summed E-state index contributed by atoms with van der Waals surface area (Å²) in [6, 6.07) is 4.71. The van der Waals surface area contributed by atoms with Gasteiger partial charge in [0, 0.05) is 18.9 Å². The first kappa shape index (κ1) is 40.7. The molecular formula is C41H56N6O9S. The van der Waals surface area contributed by atoms with E-state index in [1.807, 2.05) is 19.1 Å². The van der Waals surface area contributed by atoms with E-state index >= 15 is 0 Å². The van der Waals surface area contributed by atoms with Crippen molar-refractivity contribution in [3.8, 4) is 5.88 Å². The zero-order valence-electron chi connectivity index (χ0n) is 33.4. The third-order valence-corrected chi connectivity index (χ3v) is 14.6. The number of carbonyl (C=O) groups excluding carboxylic acids is 4. The molecule has 57 heavy (non-hydrogen) atoms. The van der Waals surface area contributed by atoms with Gasteiger partial charge in [0.05, 0.1) is 22.6 Å². The highest BCUT2D eigenvalue weighted by Crippen LogP contribution is 2.46. The van der Waals surface area contributed by atoms with Crippen LogP contribution < -0.4 is 25.7 Å². The predicted molar refractivity (Wildman–Crippen MR) is 211 cm³/mol. The van der Waals surface area contributed by atoms with Gasteiger partial charge < -0.3 is 25.0 Å². The molecule has 1 aromatic heterocycles. The number of ether oxygens (including phenoxy) is 2. The molecule has 15 nitrogen and oxygen atoms in total. The maximum absolute atomic E-state index is 14.9. The average molecular weight is 809 g/mol. The molecule has 0 unspecified atom stereocenters. The molecule has 16 heteroatoms. The van der Waals surface area contributed by atoms with Gasteiger partial charge in [-0.25, -0.2) is 17.9 Å². The Hall–Kier alpha value is -4.47. The largest absolute Gasteiger partial charge is 0.471 e. The van der Waals surface area contributed by atoms with Crippen LogP contribution in [0.4, 0.5) is 4.79 Å². The second kappa shape index (κ2) is 16.1. The molecule has 0 radical (unpaired) electrons. The number of carbonyl (C=O) groups is 4. The van der Waals surface area contributed by atoms with Crippen LogP contribution in [0.2, 0.25) is 0 Å². The lowest BCUT2D eigenvalue weighted by atomic mass is 9.88. The van der Waals surface area contributed by atoms with Crippen LogP contribution in [-0.4, -0.2) is 88.5 Å². The van der Waals surface area contributed by atoms with Crippen molar-refractivity contribution in [2.45, 2.75) is 134 Å². The molecule has 3 saturated carbocycles. The van der Waals surface area contributed by atoms with Crippen LogP contribution in [0.15, 0.2) is 41.2 Å². The summed E-state index contributed by atoms with van der Waals surface area (Å²) < 4.78 is 41.7. The maximum atomic E-state index is 14.9. The molecule has 5 aliphatic rings. The molecule has 3 heterocycles. The molecule has 1 saturated heterocycles. The standard InChI is InChI=1S/C41H56N6O9S/c1-6-47-37(49)32-14-10-9-13-31(32)36(44-47)55-29-20-33-35(48)43-41(39(51)45-57(53,54)30-15-16-30)21-27(41)12-8-7-11-23(2)17-26(5)34(38(50)46(33)22-29)42-40(52)56-28-18-24(3)25(4)19-28/h8-10,12-14,23-30,33-34H,6-7,11,15-22H2,1-5H3,(H,42,52)(H,43,48)(H,45,51)/b12-8-/t23-,24-,25+,26-,27-,28+,29-,33+,34+,41-/m1/s1. The monoisotopic (exact) mass is 808 g/mol. The van der Waals surface area contributed by atoms with Gasteiger partial charge in [-0.1, -0.05) is 52.0 Å². The molecule has 4 amide bonds. The highest BCUT2D eigenvalue weighted by Gasteiger charge is 2.62. The highest BCUT2D eigenvalue weighted by atomic mass is 32.2. The van der Waals surface area contributed by atoms with Crippen molar-refractivity contribution in [2.75, 3.05) is 6.54 Å². The molecule has 2 aromatic rings. The number of nitrogens with one attached hydrogen (secondary N) is 3. The number of hydrogen-bond acceptors (Lipinski definition) is 10. The molecule has 0 bridgehead atoms. The zero-order valence-corrected chi connectivity index (χ0v) is 34.3. The van der Waals surface area contributed by atoms with Crippen LogP contribution in [0.3, 0.4) is 0 Å². The number of rotatable bonds is 8. The van der Waals surface area contributed by atoms with Gasteiger partial charge >= 0.3 is 6.09 Å². The number of benzene rings is 1. The van der Waals surface area contributed by atoms with Gasteiger partial charge in [0.25, 0.3) is 11.5 Å². The summed E-state index contributed by atoms with van der Waals surface area (Å²) in [5, 5.41) is 10.5. The minimum Gasteiger partial charge on any atom is -0.471 e. The first-order valence-corrected chi connectivity index (χ1v) is 22.1. The molecule has 3 N–H and O–H groups in total. The number of hydrogen-bond donors (Lipinski definition) is 3. The minimum absolute atomic E-state index is 0.00277. The van der Waals surface area contributed by atoms with Gasteiger partial charge in [0.15, 0.2) is 0 Å². The topological polar surface area (TPSA) is 195 Å². The van der Waals surface area contributed by atoms with E-state index in [1.165, 1.54) is 9.58 Å². The fourth-order valence-corrected chi connectivity index (χ4v) is 10.3. The Kier molecular flexibility index (Phi) is 11.5. The average Bonchev–Trinajstić information content (AvgIpc) is 4.07. The van der Waals surface area contributed by atoms with E-state index < -0.39 is 68.7 Å². The quantitative estimate of drug-likeness (QED) is 0.331. The number of nitrogens with zero attached hydrogens (tertiary/aromatic N) is 3. The van der Waals surface area contributed by atoms with Crippen molar-refractivity contribution in [1.29, 1.82) is 0 Å². The van der Waals surface area contributed by atoms with E-state index in [9.17, 15) is 32.4 Å². The number of allylic oxidation sites excluding steroid dienone is 1. The first-order chi connectivity index (χ1) is 27.1. The Bertz CT molecular complexity index is 2090. The summed E-state index contributed by atoms with van der Waals surface area (Å²) in [6.45, 7) is 10.3. The Labute approximate surface area is 333 Å². The Morgan fingerprint density at radius 2 is 1.65 bits per heavy atom. The summed E-state index contributed by atoms with van der Waals surface area (Å²) in [6.07, 6.45) is 6.68. The van der Waals surface area contributed by atoms with Gasteiger partial charge in [0.2, 0.25) is 27.7 Å². The van der Waals surface area contributed by atoms with Gasteiger partial charge in [-0.3, -0.25) is 23.9 Å². The lowest BCUT2D eigenvalue weighted by Gasteiger charge is -2.33. The van der Waals surface area contributed by atoms with Crippen molar-refractivity contribution in [2.24, 2.45) is 29.6 Å². The van der Waals surface area contributed by atoms with Crippen molar-refractivity contribution in [3.05, 3.63) is 46.8 Å². The fraction of sp³-hybridized carbons (Fsp3) is 0.659. The van der Waals surface area contributed by atoms with Crippen LogP contribution in [0.5, 0.6) is 5.88 Å². The maximum Gasteiger partial charge on any atom is 0.408 e. The van der Waals surface area contributed by atoms with Crippen molar-refractivity contribution >= 4 is 44.6 Å². The van der Waals surface area contributed by atoms with Crippen LogP contribution >= 0.6 is 0 Å². The number of fused-ring (bicyclic) bond motifs is 3. The van der Waals surface area contributed by atoms with E-state index in [2.05, 4.69) is 41.2 Å². The minimum atomic E-state index is -3.92. The summed E-state index contributed by atoms with van der Waals surface area (Å²) >= 11 is 0. The predicted octanol–water partition coefficient (Wildman–Crippen LogP) is 3.79. The Morgan fingerprint density at radius 1 is 0.947 bits per heavy atom. The normalized spacial score (nSPS) is 33.9. The van der Waals surface area contributed by atoms with E-state index in [-0.39, 0.29) is 55.3 Å². The third-order valence-electron chi connectivity index (χ3n) is 12.8. The van der Waals surface area contributed by atoms with Gasteiger partial charge in [-0.15, -0.1) is 5.10 Å². The van der Waals surface area contributed by atoms with Crippen molar-refractivity contribution in [1.82, 2.24) is 30.0 Å². The van der Waals surface area contributed by atoms with E-state index in [0.717, 1.165) is 19.3 Å². The second-order valence-electron chi connectivity index (χ2n) is 17.3. The van der Waals surface area contributed by atoms with E-state index in [4.69, 9.17) is 9.47 Å². The van der Waals surface area contributed by atoms with Crippen LogP contribution in [0, 0.1) is 29.6 Å². The lowest BCUT2D eigenvalue weighted by molar-refractivity contribution is -0.142. The van der Waals surface area contributed by atoms with Gasteiger partial charge in [-0.05, 0) is 94.1 Å². The summed E-state index contributed by atoms with van der Waals surface area (Å²) in [5.74, 6) is -1.65. The lowest BCUT2D eigenvalue weighted by Crippen LogP contribution is -2.59. The molecule has 310 valence electrons. The molecular weight excluding hydrogens is 753 g/mol. The van der Waals surface area contributed by atoms with Crippen molar-refractivity contribution in [3.63, 3.8) is 0 Å². The molecule has 1 aromatic carbocycles. The molecule has 2 aliphatic heterocycles. The summed E-state index contributed by atoms with van der Waals surface area (Å²) in [5.41, 5.74) is -1.81. The number of sulfonamides is 1. The van der Waals surface area contributed by atoms with E-state index in [0.29, 0.717) is 48.3 Å². The number of aryl methyl sites for hydroxylation is 1. The zero-order chi connectivity index (χ0) is 40.8. The number of amides is 4. The highest BCUT2D eigenvalue weighted by molar-refractivity contribution is 7.91. The van der Waals surface area contributed by atoms with Crippen LogP contribution in [0.1, 0.15) is 92.4 Å². The molecule has 3 aliphatic carbocycles. The number of alkyl carbamates (subject to hydrolysis) is 1. The van der Waals surface area contributed by atoms with Crippen molar-refractivity contribution < 1.29 is 37.1 Å². The van der Waals surface area contributed by atoms with Gasteiger partial charge in [-0.2, -0.15) is 0 Å². The summed E-state index contributed by atoms with van der Waals surface area (Å²) in [7, 11) is -3.92. The first-order valence-electron chi connectivity index (χ1n) is 20.6. The second-order valence-corrected chi connectivity index (χ2v) is 19.3. The molecule has 4 fully saturated rings. The SMILES string of the molecule is CCn1nc(O[C@@H]2C[C@H]3C(=O)N[C@]4(C(=O)NS(=O)(=O)C5CC5)C[C@H]4/C=C\CC[C@@H](C)C[C@@H](C)[C@H](NC(=O)O[C@H]4C[C@@H](C)[C@@H](C)C4)C(=O)N3C2)c2ccccc2c1=O. The Morgan fingerprint density at radius 3 is 2.33 bits per heavy atom. The van der Waals surface area contributed by atoms with Crippen LogP contribution in [-0.2, 0) is 35.7 Å². The summed E-state index contributed by atoms with van der Waals surface area (Å²) in [4.78, 5) is 71.3. The smallest absolute Gasteiger partial charge is 0.408 e. The van der Waals surface area contributed by atoms with Gasteiger partial charge in [0.1, 0.15) is 29.8 Å².